The van der Waals surface area contributed by atoms with E-state index in [1.807, 2.05) is 0 Å². The molecule has 0 aliphatic rings. The van der Waals surface area contributed by atoms with Gasteiger partial charge in [0.15, 0.2) is 6.61 Å². The third kappa shape index (κ3) is 4.59. The Labute approximate surface area is 160 Å². The Kier molecular flexibility index (Phi) is 5.78. The summed E-state index contributed by atoms with van der Waals surface area (Å²) >= 11 is 0. The smallest absolute Gasteiger partial charge is 0.326 e. The number of amides is 1. The lowest BCUT2D eigenvalue weighted by molar-refractivity contribution is -0.152. The van der Waals surface area contributed by atoms with E-state index in [9.17, 15) is 18.8 Å². The molecule has 1 amide bonds. The number of esters is 1. The molecular formula is C20H18FN3O4. The first-order valence-electron chi connectivity index (χ1n) is 8.52. The first kappa shape index (κ1) is 19.2. The molecule has 0 bridgehead atoms. The van der Waals surface area contributed by atoms with Gasteiger partial charge in [0.05, 0.1) is 17.2 Å². The molecule has 0 atom stereocenters. The van der Waals surface area contributed by atoms with Crippen molar-refractivity contribution in [2.75, 3.05) is 13.7 Å². The average Bonchev–Trinajstić information content (AvgIpc) is 2.68. The standard InChI is InChI=1S/C20H18FN3O4/c1-23(10-14-5-4-6-15(21)9-14)18(25)12-28-19(26)11-24-13-22-17-8-3-2-7-16(17)20(24)27/h2-9,13H,10-12H2,1H3. The molecule has 0 spiro atoms. The van der Waals surface area contributed by atoms with Gasteiger partial charge in [0.1, 0.15) is 12.4 Å². The van der Waals surface area contributed by atoms with Gasteiger partial charge in [0, 0.05) is 13.6 Å². The van der Waals surface area contributed by atoms with E-state index < -0.39 is 18.5 Å². The van der Waals surface area contributed by atoms with Crippen LogP contribution in [0, 0.1) is 5.82 Å². The lowest BCUT2D eigenvalue weighted by atomic mass is 10.2. The number of aromatic nitrogens is 2. The van der Waals surface area contributed by atoms with Gasteiger partial charge in [-0.05, 0) is 29.8 Å². The minimum atomic E-state index is -0.730. The Bertz CT molecular complexity index is 1080. The first-order chi connectivity index (χ1) is 13.4. The summed E-state index contributed by atoms with van der Waals surface area (Å²) in [7, 11) is 1.53. The zero-order chi connectivity index (χ0) is 20.1. The highest BCUT2D eigenvalue weighted by Crippen LogP contribution is 2.07. The van der Waals surface area contributed by atoms with Gasteiger partial charge >= 0.3 is 5.97 Å². The molecule has 1 aromatic heterocycles. The Hall–Kier alpha value is -3.55. The second kappa shape index (κ2) is 8.43. The number of fused-ring (bicyclic) bond motifs is 1. The maximum Gasteiger partial charge on any atom is 0.326 e. The van der Waals surface area contributed by atoms with Crippen LogP contribution >= 0.6 is 0 Å². The van der Waals surface area contributed by atoms with E-state index >= 15 is 0 Å². The Morgan fingerprint density at radius 1 is 1.18 bits per heavy atom. The number of hydrogen-bond acceptors (Lipinski definition) is 5. The molecule has 0 radical (unpaired) electrons. The maximum atomic E-state index is 13.2. The minimum absolute atomic E-state index is 0.183. The van der Waals surface area contributed by atoms with E-state index in [1.54, 1.807) is 36.4 Å². The van der Waals surface area contributed by atoms with E-state index in [0.717, 1.165) is 4.57 Å². The molecule has 0 unspecified atom stereocenters. The van der Waals surface area contributed by atoms with Crippen molar-refractivity contribution < 1.29 is 18.7 Å². The van der Waals surface area contributed by atoms with Crippen LogP contribution in [0.15, 0.2) is 59.7 Å². The van der Waals surface area contributed by atoms with Crippen LogP contribution < -0.4 is 5.56 Å². The van der Waals surface area contributed by atoms with E-state index in [2.05, 4.69) is 4.98 Å². The van der Waals surface area contributed by atoms with E-state index in [1.165, 1.54) is 30.4 Å². The quantitative estimate of drug-likeness (QED) is 0.606. The summed E-state index contributed by atoms with van der Waals surface area (Å²) in [5, 5.41) is 0.392. The van der Waals surface area contributed by atoms with Crippen molar-refractivity contribution in [2.24, 2.45) is 0 Å². The molecule has 0 aliphatic carbocycles. The molecule has 3 rings (SSSR count). The summed E-state index contributed by atoms with van der Waals surface area (Å²) in [6.07, 6.45) is 1.27. The van der Waals surface area contributed by atoms with Gasteiger partial charge in [0.25, 0.3) is 11.5 Å². The van der Waals surface area contributed by atoms with Gasteiger partial charge < -0.3 is 9.64 Å². The summed E-state index contributed by atoms with van der Waals surface area (Å²) in [4.78, 5) is 41.9. The monoisotopic (exact) mass is 383 g/mol. The molecule has 0 fully saturated rings. The summed E-state index contributed by atoms with van der Waals surface area (Å²) in [5.74, 6) is -1.56. The van der Waals surface area contributed by atoms with Crippen LogP contribution in [-0.4, -0.2) is 40.0 Å². The summed E-state index contributed by atoms with van der Waals surface area (Å²) in [5.41, 5.74) is 0.791. The number of para-hydroxylation sites is 1. The van der Waals surface area contributed by atoms with Crippen molar-refractivity contribution in [2.45, 2.75) is 13.1 Å². The van der Waals surface area contributed by atoms with Crippen molar-refractivity contribution >= 4 is 22.8 Å². The number of halogens is 1. The number of likely N-dealkylation sites (N-methyl/N-ethyl adjacent to an activating group) is 1. The molecule has 0 aliphatic heterocycles. The van der Waals surface area contributed by atoms with Crippen molar-refractivity contribution in [3.05, 3.63) is 76.6 Å². The van der Waals surface area contributed by atoms with Crippen molar-refractivity contribution in [1.82, 2.24) is 14.5 Å². The summed E-state index contributed by atoms with van der Waals surface area (Å²) in [6.45, 7) is -0.639. The molecule has 144 valence electrons. The summed E-state index contributed by atoms with van der Waals surface area (Å²) < 4.78 is 19.3. The second-order valence-corrected chi connectivity index (χ2v) is 6.24. The van der Waals surface area contributed by atoms with Crippen molar-refractivity contribution in [3.63, 3.8) is 0 Å². The average molecular weight is 383 g/mol. The normalized spacial score (nSPS) is 10.6. The second-order valence-electron chi connectivity index (χ2n) is 6.24. The molecule has 0 saturated heterocycles. The molecular weight excluding hydrogens is 365 g/mol. The number of carbonyl (C=O) groups is 2. The highest BCUT2D eigenvalue weighted by Gasteiger charge is 2.14. The SMILES string of the molecule is CN(Cc1cccc(F)c1)C(=O)COC(=O)Cn1cnc2ccccc2c1=O. The zero-order valence-corrected chi connectivity index (χ0v) is 15.2. The largest absolute Gasteiger partial charge is 0.454 e. The van der Waals surface area contributed by atoms with E-state index in [4.69, 9.17) is 4.74 Å². The Morgan fingerprint density at radius 3 is 2.75 bits per heavy atom. The third-order valence-corrected chi connectivity index (χ3v) is 4.12. The first-order valence-corrected chi connectivity index (χ1v) is 8.52. The van der Waals surface area contributed by atoms with E-state index in [0.29, 0.717) is 16.5 Å². The molecule has 7 nitrogen and oxygen atoms in total. The Morgan fingerprint density at radius 2 is 1.96 bits per heavy atom. The minimum Gasteiger partial charge on any atom is -0.454 e. The topological polar surface area (TPSA) is 81.5 Å². The predicted molar refractivity (Wildman–Crippen MR) is 99.8 cm³/mol. The van der Waals surface area contributed by atoms with Crippen LogP contribution in [-0.2, 0) is 27.4 Å². The van der Waals surface area contributed by atoms with Crippen LogP contribution in [0.4, 0.5) is 4.39 Å². The lowest BCUT2D eigenvalue weighted by Gasteiger charge is -2.17. The van der Waals surface area contributed by atoms with Crippen molar-refractivity contribution in [3.8, 4) is 0 Å². The fraction of sp³-hybridized carbons (Fsp3) is 0.200. The number of hydrogen-bond donors (Lipinski definition) is 0. The fourth-order valence-electron chi connectivity index (χ4n) is 2.65. The molecule has 0 saturated carbocycles. The van der Waals surface area contributed by atoms with Crippen LogP contribution in [0.3, 0.4) is 0 Å². The predicted octanol–water partition coefficient (Wildman–Crippen LogP) is 1.74. The number of nitrogens with zero attached hydrogens (tertiary/aromatic N) is 3. The van der Waals surface area contributed by atoms with Gasteiger partial charge in [-0.2, -0.15) is 0 Å². The molecule has 1 heterocycles. The fourth-order valence-corrected chi connectivity index (χ4v) is 2.65. The number of benzene rings is 2. The summed E-state index contributed by atoms with van der Waals surface area (Å²) in [6, 6.07) is 12.7. The van der Waals surface area contributed by atoms with Gasteiger partial charge in [-0.1, -0.05) is 24.3 Å². The third-order valence-electron chi connectivity index (χ3n) is 4.12. The van der Waals surface area contributed by atoms with Gasteiger partial charge in [-0.3, -0.25) is 19.0 Å². The van der Waals surface area contributed by atoms with Crippen LogP contribution in [0.2, 0.25) is 0 Å². The molecule has 2 aromatic carbocycles. The number of rotatable bonds is 6. The van der Waals surface area contributed by atoms with Crippen LogP contribution in [0.25, 0.3) is 10.9 Å². The van der Waals surface area contributed by atoms with Gasteiger partial charge in [-0.25, -0.2) is 9.37 Å². The molecule has 28 heavy (non-hydrogen) atoms. The molecule has 0 N–H and O–H groups in total. The Balaban J connectivity index is 1.56. The molecule has 8 heteroatoms. The highest BCUT2D eigenvalue weighted by atomic mass is 19.1. The maximum absolute atomic E-state index is 13.2. The lowest BCUT2D eigenvalue weighted by Crippen LogP contribution is -2.32. The van der Waals surface area contributed by atoms with E-state index in [-0.39, 0.29) is 24.5 Å². The molecule has 3 aromatic rings. The zero-order valence-electron chi connectivity index (χ0n) is 15.2. The van der Waals surface area contributed by atoms with Crippen molar-refractivity contribution in [1.29, 1.82) is 0 Å². The highest BCUT2D eigenvalue weighted by molar-refractivity contribution is 5.81. The van der Waals surface area contributed by atoms with Gasteiger partial charge in [-0.15, -0.1) is 0 Å². The van der Waals surface area contributed by atoms with Crippen LogP contribution in [0.5, 0.6) is 0 Å². The van der Waals surface area contributed by atoms with Crippen LogP contribution in [0.1, 0.15) is 5.56 Å². The number of ether oxygens (including phenoxy) is 1. The van der Waals surface area contributed by atoms with Gasteiger partial charge in [0.2, 0.25) is 0 Å². The number of carbonyl (C=O) groups excluding carboxylic acids is 2.